The van der Waals surface area contributed by atoms with E-state index in [1.54, 1.807) is 7.11 Å². The Morgan fingerprint density at radius 1 is 1.33 bits per heavy atom. The van der Waals surface area contributed by atoms with Crippen LogP contribution in [0, 0.1) is 6.92 Å². The minimum absolute atomic E-state index is 0.572. The Bertz CT molecular complexity index is 459. The van der Waals surface area contributed by atoms with Crippen molar-refractivity contribution >= 4 is 5.82 Å². The molecule has 1 aliphatic rings. The summed E-state index contributed by atoms with van der Waals surface area (Å²) in [7, 11) is 5.97. The lowest BCUT2D eigenvalue weighted by Gasteiger charge is -2.39. The third-order valence-corrected chi connectivity index (χ3v) is 4.36. The Labute approximate surface area is 128 Å². The Hall–Kier alpha value is -1.11. The predicted octanol–water partition coefficient (Wildman–Crippen LogP) is 0.605. The van der Waals surface area contributed by atoms with Gasteiger partial charge >= 0.3 is 0 Å². The second-order valence-electron chi connectivity index (χ2n) is 5.96. The number of piperazine rings is 1. The van der Waals surface area contributed by atoms with Crippen molar-refractivity contribution in [2.75, 3.05) is 51.8 Å². The third-order valence-electron chi connectivity index (χ3n) is 4.36. The van der Waals surface area contributed by atoms with Gasteiger partial charge in [-0.2, -0.15) is 5.10 Å². The molecule has 120 valence electrons. The number of nitrogens with zero attached hydrogens (tertiary/aromatic N) is 4. The molecule has 1 unspecified atom stereocenters. The highest BCUT2D eigenvalue weighted by atomic mass is 16.5. The van der Waals surface area contributed by atoms with Crippen molar-refractivity contribution in [2.45, 2.75) is 26.4 Å². The fourth-order valence-electron chi connectivity index (χ4n) is 2.92. The standard InChI is InChI=1S/C15H29N5O/c1-12-11-20(8-7-18(12)3)15-14(10-16-6-9-21-5)13(2)17-19(15)4/h12,16H,6-11H2,1-5H3. The summed E-state index contributed by atoms with van der Waals surface area (Å²) in [6, 6.07) is 0.572. The van der Waals surface area contributed by atoms with Gasteiger partial charge in [0.25, 0.3) is 0 Å². The Balaban J connectivity index is 2.11. The van der Waals surface area contributed by atoms with Gasteiger partial charge in [-0.1, -0.05) is 0 Å². The summed E-state index contributed by atoms with van der Waals surface area (Å²) in [6.07, 6.45) is 0. The van der Waals surface area contributed by atoms with E-state index in [0.717, 1.165) is 45.0 Å². The van der Waals surface area contributed by atoms with Crippen molar-refractivity contribution in [3.05, 3.63) is 11.3 Å². The van der Waals surface area contributed by atoms with E-state index in [4.69, 9.17) is 4.74 Å². The quantitative estimate of drug-likeness (QED) is 0.779. The number of hydrogen-bond donors (Lipinski definition) is 1. The van der Waals surface area contributed by atoms with Gasteiger partial charge in [0.05, 0.1) is 12.3 Å². The largest absolute Gasteiger partial charge is 0.383 e. The van der Waals surface area contributed by atoms with E-state index in [0.29, 0.717) is 6.04 Å². The lowest BCUT2D eigenvalue weighted by atomic mass is 10.1. The van der Waals surface area contributed by atoms with E-state index in [1.807, 2.05) is 11.7 Å². The number of anilines is 1. The molecule has 0 spiro atoms. The van der Waals surface area contributed by atoms with E-state index in [2.05, 4.69) is 41.1 Å². The van der Waals surface area contributed by atoms with Crippen molar-refractivity contribution in [2.24, 2.45) is 7.05 Å². The molecule has 1 fully saturated rings. The molecule has 1 atom stereocenters. The van der Waals surface area contributed by atoms with Crippen LogP contribution in [0.1, 0.15) is 18.2 Å². The molecule has 1 aliphatic heterocycles. The van der Waals surface area contributed by atoms with Gasteiger partial charge < -0.3 is 19.9 Å². The van der Waals surface area contributed by atoms with E-state index in [9.17, 15) is 0 Å². The SMILES string of the molecule is COCCNCc1c(C)nn(C)c1N1CCN(C)C(C)C1. The highest BCUT2D eigenvalue weighted by Gasteiger charge is 2.25. The first-order chi connectivity index (χ1) is 10.0. The van der Waals surface area contributed by atoms with Crippen molar-refractivity contribution in [1.82, 2.24) is 20.0 Å². The molecule has 1 aromatic rings. The monoisotopic (exact) mass is 295 g/mol. The van der Waals surface area contributed by atoms with Crippen LogP contribution >= 0.6 is 0 Å². The minimum atomic E-state index is 0.572. The summed E-state index contributed by atoms with van der Waals surface area (Å²) >= 11 is 0. The first-order valence-corrected chi connectivity index (χ1v) is 7.72. The second-order valence-corrected chi connectivity index (χ2v) is 5.96. The molecular formula is C15H29N5O. The molecule has 2 rings (SSSR count). The Morgan fingerprint density at radius 2 is 2.10 bits per heavy atom. The van der Waals surface area contributed by atoms with E-state index in [-0.39, 0.29) is 0 Å². The number of hydrogen-bond acceptors (Lipinski definition) is 5. The number of aromatic nitrogens is 2. The summed E-state index contributed by atoms with van der Waals surface area (Å²) in [6.45, 7) is 10.0. The lowest BCUT2D eigenvalue weighted by Crippen LogP contribution is -2.50. The van der Waals surface area contributed by atoms with Gasteiger partial charge in [0.15, 0.2) is 0 Å². The molecule has 0 radical (unpaired) electrons. The van der Waals surface area contributed by atoms with E-state index in [1.165, 1.54) is 11.4 Å². The van der Waals surface area contributed by atoms with Crippen LogP contribution in [-0.4, -0.2) is 67.7 Å². The van der Waals surface area contributed by atoms with Gasteiger partial charge in [0.1, 0.15) is 5.82 Å². The lowest BCUT2D eigenvalue weighted by molar-refractivity contribution is 0.199. The van der Waals surface area contributed by atoms with Crippen LogP contribution in [-0.2, 0) is 18.3 Å². The molecule has 6 heteroatoms. The molecule has 0 bridgehead atoms. The third kappa shape index (κ3) is 3.75. The molecular weight excluding hydrogens is 266 g/mol. The van der Waals surface area contributed by atoms with E-state index >= 15 is 0 Å². The number of methoxy groups -OCH3 is 1. The highest BCUT2D eigenvalue weighted by molar-refractivity contribution is 5.50. The zero-order chi connectivity index (χ0) is 15.4. The zero-order valence-electron chi connectivity index (χ0n) is 14.0. The maximum atomic E-state index is 5.09. The van der Waals surface area contributed by atoms with Crippen molar-refractivity contribution in [1.29, 1.82) is 0 Å². The van der Waals surface area contributed by atoms with Crippen LogP contribution < -0.4 is 10.2 Å². The highest BCUT2D eigenvalue weighted by Crippen LogP contribution is 2.25. The fraction of sp³-hybridized carbons (Fsp3) is 0.800. The maximum Gasteiger partial charge on any atom is 0.131 e. The van der Waals surface area contributed by atoms with Gasteiger partial charge in [-0.3, -0.25) is 4.68 Å². The Morgan fingerprint density at radius 3 is 2.76 bits per heavy atom. The number of nitrogens with one attached hydrogen (secondary N) is 1. The van der Waals surface area contributed by atoms with Crippen molar-refractivity contribution in [3.63, 3.8) is 0 Å². The number of aryl methyl sites for hydroxylation is 2. The van der Waals surface area contributed by atoms with E-state index < -0.39 is 0 Å². The molecule has 2 heterocycles. The second kappa shape index (κ2) is 7.24. The molecule has 1 N–H and O–H groups in total. The van der Waals surface area contributed by atoms with Gasteiger partial charge in [-0.05, 0) is 20.9 Å². The number of rotatable bonds is 6. The predicted molar refractivity (Wildman–Crippen MR) is 85.8 cm³/mol. The Kier molecular flexibility index (Phi) is 5.61. The smallest absolute Gasteiger partial charge is 0.131 e. The molecule has 1 aromatic heterocycles. The van der Waals surface area contributed by atoms with Crippen molar-refractivity contribution < 1.29 is 4.74 Å². The maximum absolute atomic E-state index is 5.09. The topological polar surface area (TPSA) is 45.6 Å². The van der Waals surface area contributed by atoms with Crippen LogP contribution in [0.3, 0.4) is 0 Å². The molecule has 0 saturated carbocycles. The first kappa shape index (κ1) is 16.3. The minimum Gasteiger partial charge on any atom is -0.383 e. The normalized spacial score (nSPS) is 20.2. The van der Waals surface area contributed by atoms with Crippen LogP contribution in [0.4, 0.5) is 5.82 Å². The van der Waals surface area contributed by atoms with Crippen LogP contribution in [0.15, 0.2) is 0 Å². The summed E-state index contributed by atoms with van der Waals surface area (Å²) in [5.74, 6) is 1.26. The zero-order valence-corrected chi connectivity index (χ0v) is 14.0. The number of likely N-dealkylation sites (N-methyl/N-ethyl adjacent to an activating group) is 1. The van der Waals surface area contributed by atoms with Crippen LogP contribution in [0.2, 0.25) is 0 Å². The molecule has 0 aliphatic carbocycles. The van der Waals surface area contributed by atoms with Gasteiger partial charge in [0, 0.05) is 58.5 Å². The van der Waals surface area contributed by atoms with Crippen LogP contribution in [0.5, 0.6) is 0 Å². The molecule has 6 nitrogen and oxygen atoms in total. The number of ether oxygens (including phenoxy) is 1. The summed E-state index contributed by atoms with van der Waals surface area (Å²) < 4.78 is 7.12. The van der Waals surface area contributed by atoms with Gasteiger partial charge in [-0.25, -0.2) is 0 Å². The van der Waals surface area contributed by atoms with Gasteiger partial charge in [0.2, 0.25) is 0 Å². The fourth-order valence-corrected chi connectivity index (χ4v) is 2.92. The molecule has 0 aromatic carbocycles. The first-order valence-electron chi connectivity index (χ1n) is 7.72. The molecule has 1 saturated heterocycles. The van der Waals surface area contributed by atoms with Crippen molar-refractivity contribution in [3.8, 4) is 0 Å². The molecule has 21 heavy (non-hydrogen) atoms. The van der Waals surface area contributed by atoms with Gasteiger partial charge in [-0.15, -0.1) is 0 Å². The average molecular weight is 295 g/mol. The van der Waals surface area contributed by atoms with Crippen LogP contribution in [0.25, 0.3) is 0 Å². The summed E-state index contributed by atoms with van der Waals surface area (Å²) in [4.78, 5) is 4.88. The summed E-state index contributed by atoms with van der Waals surface area (Å²) in [5.41, 5.74) is 2.43. The molecule has 0 amide bonds. The average Bonchev–Trinajstić information content (AvgIpc) is 2.72. The summed E-state index contributed by atoms with van der Waals surface area (Å²) in [5, 5.41) is 8.06.